The summed E-state index contributed by atoms with van der Waals surface area (Å²) in [5, 5.41) is 4.77. The molecule has 1 saturated carbocycles. The number of alkyl halides is 4. The summed E-state index contributed by atoms with van der Waals surface area (Å²) in [4.78, 5) is 5.86. The summed E-state index contributed by atoms with van der Waals surface area (Å²) in [7, 11) is 0. The van der Waals surface area contributed by atoms with Crippen LogP contribution in [0.15, 0.2) is 18.3 Å². The Hall–Kier alpha value is -2.36. The lowest BCUT2D eigenvalue weighted by Gasteiger charge is -2.21. The van der Waals surface area contributed by atoms with Gasteiger partial charge in [-0.3, -0.25) is 9.58 Å². The SMILES string of the molecule is CCC(C)n1nc(-c2cnc(N)c(OC(F)F)c2)cc1C1C2CCCN(CC(F)F)CC21. The lowest BCUT2D eigenvalue weighted by atomic mass is 10.1. The fourth-order valence-electron chi connectivity index (χ4n) is 4.94. The lowest BCUT2D eigenvalue weighted by molar-refractivity contribution is -0.0494. The van der Waals surface area contributed by atoms with Crippen LogP contribution in [0.2, 0.25) is 0 Å². The van der Waals surface area contributed by atoms with E-state index in [-0.39, 0.29) is 30.1 Å². The van der Waals surface area contributed by atoms with Crippen molar-refractivity contribution in [3.63, 3.8) is 0 Å². The first-order valence-corrected chi connectivity index (χ1v) is 11.1. The van der Waals surface area contributed by atoms with Gasteiger partial charge in [-0.05, 0) is 56.7 Å². The Morgan fingerprint density at radius 2 is 2.00 bits per heavy atom. The second kappa shape index (κ2) is 9.25. The Morgan fingerprint density at radius 3 is 2.69 bits per heavy atom. The van der Waals surface area contributed by atoms with E-state index in [4.69, 9.17) is 10.8 Å². The molecule has 4 unspecified atom stereocenters. The van der Waals surface area contributed by atoms with E-state index in [9.17, 15) is 17.6 Å². The minimum Gasteiger partial charge on any atom is -0.431 e. The zero-order valence-corrected chi connectivity index (χ0v) is 18.2. The maximum atomic E-state index is 12.9. The van der Waals surface area contributed by atoms with Gasteiger partial charge in [0, 0.05) is 36.0 Å². The Morgan fingerprint density at radius 1 is 1.22 bits per heavy atom. The highest BCUT2D eigenvalue weighted by molar-refractivity contribution is 5.64. The average molecular weight is 456 g/mol. The molecule has 0 bridgehead atoms. The monoisotopic (exact) mass is 455 g/mol. The van der Waals surface area contributed by atoms with Crippen LogP contribution in [-0.2, 0) is 0 Å². The fraction of sp³-hybridized carbons (Fsp3) is 0.636. The molecule has 32 heavy (non-hydrogen) atoms. The average Bonchev–Trinajstić information content (AvgIpc) is 3.27. The number of likely N-dealkylation sites (tertiary alicyclic amines) is 1. The van der Waals surface area contributed by atoms with Crippen LogP contribution in [-0.4, -0.2) is 52.3 Å². The van der Waals surface area contributed by atoms with Gasteiger partial charge in [-0.2, -0.15) is 13.9 Å². The minimum absolute atomic E-state index is 0.112. The third-order valence-electron chi connectivity index (χ3n) is 6.72. The maximum Gasteiger partial charge on any atom is 0.387 e. The van der Waals surface area contributed by atoms with Crippen LogP contribution in [0.3, 0.4) is 0 Å². The number of nitrogen functional groups attached to an aromatic ring is 1. The first-order valence-electron chi connectivity index (χ1n) is 11.1. The molecule has 2 aliphatic rings. The Bertz CT molecular complexity index is 937. The number of hydrogen-bond acceptors (Lipinski definition) is 5. The smallest absolute Gasteiger partial charge is 0.387 e. The van der Waals surface area contributed by atoms with Crippen LogP contribution in [0.25, 0.3) is 11.3 Å². The Labute approximate surface area is 184 Å². The predicted molar refractivity (Wildman–Crippen MR) is 113 cm³/mol. The Kier molecular flexibility index (Phi) is 6.60. The topological polar surface area (TPSA) is 69.2 Å². The third kappa shape index (κ3) is 4.69. The molecule has 6 nitrogen and oxygen atoms in total. The molecule has 10 heteroatoms. The van der Waals surface area contributed by atoms with Crippen molar-refractivity contribution in [2.24, 2.45) is 11.8 Å². The summed E-state index contributed by atoms with van der Waals surface area (Å²) >= 11 is 0. The van der Waals surface area contributed by atoms with E-state index in [0.29, 0.717) is 36.2 Å². The number of ether oxygens (including phenoxy) is 1. The van der Waals surface area contributed by atoms with Crippen LogP contribution in [0.5, 0.6) is 5.75 Å². The first-order chi connectivity index (χ1) is 15.3. The van der Waals surface area contributed by atoms with E-state index in [2.05, 4.69) is 23.6 Å². The van der Waals surface area contributed by atoms with E-state index in [1.54, 1.807) is 0 Å². The number of nitrogens with zero attached hydrogens (tertiary/aromatic N) is 4. The highest BCUT2D eigenvalue weighted by Gasteiger charge is 2.53. The molecule has 4 rings (SSSR count). The number of fused-ring (bicyclic) bond motifs is 1. The van der Waals surface area contributed by atoms with Gasteiger partial charge < -0.3 is 10.5 Å². The first kappa shape index (κ1) is 22.8. The number of rotatable bonds is 8. The molecule has 2 aromatic rings. The molecule has 0 spiro atoms. The second-order valence-corrected chi connectivity index (χ2v) is 8.79. The molecule has 4 atom stereocenters. The standard InChI is InChI=1S/C22H29F4N5O/c1-3-12(2)31-17(20-14-5-4-6-30(10-15(14)20)11-19(23)24)8-16(29-31)13-7-18(32-22(25)26)21(27)28-9-13/h7-9,12,14-15,19-20,22H,3-6,10-11H2,1-2H3,(H2,27,28). The molecular formula is C22H29F4N5O. The molecular weight excluding hydrogens is 426 g/mol. The summed E-state index contributed by atoms with van der Waals surface area (Å²) in [6.45, 7) is 2.34. The molecule has 1 aliphatic heterocycles. The predicted octanol–water partition coefficient (Wildman–Crippen LogP) is 4.79. The fourth-order valence-corrected chi connectivity index (χ4v) is 4.94. The number of pyridine rings is 1. The molecule has 0 aromatic carbocycles. The number of nitrogens with two attached hydrogens (primary N) is 1. The van der Waals surface area contributed by atoms with Gasteiger partial charge >= 0.3 is 6.61 Å². The van der Waals surface area contributed by atoms with Gasteiger partial charge in [-0.25, -0.2) is 13.8 Å². The van der Waals surface area contributed by atoms with Crippen molar-refractivity contribution >= 4 is 5.82 Å². The van der Waals surface area contributed by atoms with Crippen LogP contribution >= 0.6 is 0 Å². The van der Waals surface area contributed by atoms with Gasteiger partial charge in [-0.15, -0.1) is 0 Å². The zero-order valence-electron chi connectivity index (χ0n) is 18.2. The van der Waals surface area contributed by atoms with Crippen molar-refractivity contribution in [3.05, 3.63) is 24.0 Å². The summed E-state index contributed by atoms with van der Waals surface area (Å²) in [5.41, 5.74) is 7.88. The molecule has 1 saturated heterocycles. The quantitative estimate of drug-likeness (QED) is 0.580. The van der Waals surface area contributed by atoms with Crippen LogP contribution in [0.1, 0.15) is 50.8 Å². The summed E-state index contributed by atoms with van der Waals surface area (Å²) in [6.07, 6.45) is 1.95. The lowest BCUT2D eigenvalue weighted by Crippen LogP contribution is -2.31. The van der Waals surface area contributed by atoms with E-state index >= 15 is 0 Å². The van der Waals surface area contributed by atoms with Crippen molar-refractivity contribution in [2.75, 3.05) is 25.4 Å². The number of aromatic nitrogens is 3. The largest absolute Gasteiger partial charge is 0.431 e. The molecule has 2 N–H and O–H groups in total. The molecule has 0 radical (unpaired) electrons. The minimum atomic E-state index is -3.00. The van der Waals surface area contributed by atoms with Crippen molar-refractivity contribution in [1.82, 2.24) is 19.7 Å². The Balaban J connectivity index is 1.63. The highest BCUT2D eigenvalue weighted by atomic mass is 19.3. The normalized spacial score (nSPS) is 24.4. The van der Waals surface area contributed by atoms with Crippen molar-refractivity contribution in [1.29, 1.82) is 0 Å². The molecule has 2 aromatic heterocycles. The van der Waals surface area contributed by atoms with E-state index in [1.807, 2.05) is 15.6 Å². The van der Waals surface area contributed by atoms with Crippen molar-refractivity contribution in [3.8, 4) is 17.0 Å². The summed E-state index contributed by atoms with van der Waals surface area (Å²) < 4.78 is 57.8. The van der Waals surface area contributed by atoms with Crippen molar-refractivity contribution < 1.29 is 22.3 Å². The van der Waals surface area contributed by atoms with E-state index in [0.717, 1.165) is 25.0 Å². The summed E-state index contributed by atoms with van der Waals surface area (Å²) in [6, 6.07) is 3.54. The van der Waals surface area contributed by atoms with E-state index in [1.165, 1.54) is 12.3 Å². The van der Waals surface area contributed by atoms with Gasteiger partial charge in [0.15, 0.2) is 11.6 Å². The molecule has 0 amide bonds. The highest BCUT2D eigenvalue weighted by Crippen LogP contribution is 2.58. The van der Waals surface area contributed by atoms with Crippen LogP contribution < -0.4 is 10.5 Å². The maximum absolute atomic E-state index is 12.9. The number of halogens is 4. The van der Waals surface area contributed by atoms with Crippen LogP contribution in [0, 0.1) is 11.8 Å². The van der Waals surface area contributed by atoms with E-state index < -0.39 is 13.0 Å². The molecule has 2 fully saturated rings. The van der Waals surface area contributed by atoms with Gasteiger partial charge in [0.1, 0.15) is 0 Å². The van der Waals surface area contributed by atoms with Gasteiger partial charge in [0.2, 0.25) is 0 Å². The van der Waals surface area contributed by atoms with Gasteiger partial charge in [-0.1, -0.05) is 6.92 Å². The van der Waals surface area contributed by atoms with Crippen molar-refractivity contribution in [2.45, 2.75) is 58.1 Å². The number of hydrogen-bond donors (Lipinski definition) is 1. The molecule has 176 valence electrons. The third-order valence-corrected chi connectivity index (χ3v) is 6.72. The summed E-state index contributed by atoms with van der Waals surface area (Å²) in [5.74, 6) is 0.734. The molecule has 1 aliphatic carbocycles. The zero-order chi connectivity index (χ0) is 23.0. The van der Waals surface area contributed by atoms with Gasteiger partial charge in [0.25, 0.3) is 6.43 Å². The second-order valence-electron chi connectivity index (χ2n) is 8.79. The molecule has 3 heterocycles. The van der Waals surface area contributed by atoms with Crippen LogP contribution in [0.4, 0.5) is 23.4 Å². The van der Waals surface area contributed by atoms with Gasteiger partial charge in [0.05, 0.1) is 12.2 Å². The number of anilines is 1.